The maximum absolute atomic E-state index is 13.4. The van der Waals surface area contributed by atoms with Crippen molar-refractivity contribution >= 4 is 143 Å². The number of nitrogens with zero attached hydrogens (tertiary/aromatic N) is 5. The summed E-state index contributed by atoms with van der Waals surface area (Å²) in [5.74, 6) is -3.28. The van der Waals surface area contributed by atoms with Crippen LogP contribution >= 0.6 is 11.3 Å². The van der Waals surface area contributed by atoms with Crippen molar-refractivity contribution in [3.8, 4) is 0 Å². The van der Waals surface area contributed by atoms with Crippen molar-refractivity contribution in [1.82, 2.24) is 20.5 Å². The molecular weight excluding hydrogens is 1300 g/mol. The van der Waals surface area contributed by atoms with Crippen molar-refractivity contribution in [2.24, 2.45) is 5.14 Å². The summed E-state index contributed by atoms with van der Waals surface area (Å²) in [6, 6.07) is 10.7. The summed E-state index contributed by atoms with van der Waals surface area (Å²) >= 11 is 0.487. The van der Waals surface area contributed by atoms with Gasteiger partial charge in [0.1, 0.15) is 15.5 Å². The average molecular weight is 1350 g/mol. The number of hydrogen-bond acceptors (Lipinski definition) is 21. The Morgan fingerprint density at radius 3 is 1.77 bits per heavy atom. The fraction of sp³-hybridized carbons (Fsp3) is 0.250. The smallest absolute Gasteiger partial charge is 0.295 e. The number of fused-ring (bicyclic) bond motifs is 6. The SMILES string of the molecule is CC1(C)C(/C=C/C(=C/C=C2/N(CCS(=O)(=O)O)c3ccc4c(S(=O)(=O)O)cc(S(=O)(=O)O)cc4c3C2(C)C)c2ccc(C(=O)NCCC(=O)Nc3nnc(S(N)(=O)=O)s3)cn2)=[N+](CCS(=O)(=O)O)c2ccc3c(S(=O)(=O)O)cc(S(=O)(=O)O)cc3c21. The van der Waals surface area contributed by atoms with Crippen LogP contribution in [0.5, 0.6) is 0 Å². The molecule has 460 valence electrons. The monoisotopic (exact) mass is 1350 g/mol. The lowest BCUT2D eigenvalue weighted by Crippen LogP contribution is -2.30. The van der Waals surface area contributed by atoms with E-state index in [0.29, 0.717) is 23.5 Å². The number of aromatic nitrogens is 3. The maximum Gasteiger partial charge on any atom is 0.295 e. The Morgan fingerprint density at radius 1 is 0.686 bits per heavy atom. The molecule has 0 aliphatic carbocycles. The van der Waals surface area contributed by atoms with Gasteiger partial charge in [-0.25, -0.2) is 13.6 Å². The zero-order valence-corrected chi connectivity index (χ0v) is 51.2. The Balaban J connectivity index is 1.29. The van der Waals surface area contributed by atoms with Crippen LogP contribution < -0.4 is 20.7 Å². The number of amides is 2. The topological polar surface area (TPSA) is 489 Å². The summed E-state index contributed by atoms with van der Waals surface area (Å²) in [5.41, 5.74) is -1.93. The maximum atomic E-state index is 13.4. The zero-order valence-electron chi connectivity index (χ0n) is 44.7. The molecule has 2 aliphatic heterocycles. The zero-order chi connectivity index (χ0) is 63.9. The van der Waals surface area contributed by atoms with E-state index in [-0.39, 0.29) is 90.4 Å². The van der Waals surface area contributed by atoms with Crippen molar-refractivity contribution in [3.63, 3.8) is 0 Å². The molecule has 6 aromatic rings. The number of anilines is 2. The summed E-state index contributed by atoms with van der Waals surface area (Å²) in [4.78, 5) is 28.2. The van der Waals surface area contributed by atoms with E-state index in [2.05, 4.69) is 25.8 Å². The first-order valence-electron chi connectivity index (χ1n) is 24.3. The van der Waals surface area contributed by atoms with Gasteiger partial charge < -0.3 is 15.5 Å². The predicted molar refractivity (Wildman–Crippen MR) is 309 cm³/mol. The molecule has 0 radical (unpaired) electrons. The molecule has 0 fully saturated rings. The molecule has 0 saturated carbocycles. The molecule has 8 rings (SSSR count). The largest absolute Gasteiger partial charge is 0.351 e. The van der Waals surface area contributed by atoms with Gasteiger partial charge in [-0.2, -0.15) is 55.1 Å². The second-order valence-corrected chi connectivity index (χ2v) is 31.8. The number of allylic oxidation sites excluding steroid dienone is 6. The van der Waals surface area contributed by atoms with E-state index in [9.17, 15) is 95.8 Å². The molecule has 0 unspecified atom stereocenters. The van der Waals surface area contributed by atoms with E-state index >= 15 is 0 Å². The highest BCUT2D eigenvalue weighted by Crippen LogP contribution is 2.52. The first-order chi connectivity index (χ1) is 39.4. The Bertz CT molecular complexity index is 4890. The van der Waals surface area contributed by atoms with Gasteiger partial charge in [0.05, 0.1) is 32.2 Å². The highest BCUT2D eigenvalue weighted by Gasteiger charge is 2.47. The van der Waals surface area contributed by atoms with Gasteiger partial charge in [-0.15, -0.1) is 10.2 Å². The second-order valence-electron chi connectivity index (χ2n) is 20.3. The molecule has 0 spiro atoms. The summed E-state index contributed by atoms with van der Waals surface area (Å²) in [6.45, 7) is 5.00. The highest BCUT2D eigenvalue weighted by atomic mass is 32.3. The molecule has 30 nitrogen and oxygen atoms in total. The van der Waals surface area contributed by atoms with Gasteiger partial charge in [-0.05, 0) is 90.9 Å². The molecule has 38 heteroatoms. The third-order valence-electron chi connectivity index (χ3n) is 13.8. The van der Waals surface area contributed by atoms with Gasteiger partial charge in [0, 0.05) is 76.6 Å². The fourth-order valence-corrected chi connectivity index (χ4v) is 15.0. The van der Waals surface area contributed by atoms with Gasteiger partial charge >= 0.3 is 0 Å². The van der Waals surface area contributed by atoms with Crippen LogP contribution in [-0.2, 0) is 86.4 Å². The third-order valence-corrected chi connectivity index (χ3v) is 20.8. The summed E-state index contributed by atoms with van der Waals surface area (Å²) < 4.78 is 236. The Labute approximate surface area is 495 Å². The van der Waals surface area contributed by atoms with E-state index in [0.717, 1.165) is 18.3 Å². The molecule has 10 N–H and O–H groups in total. The minimum atomic E-state index is -5.21. The number of hydrogen-bond donors (Lipinski definition) is 9. The van der Waals surface area contributed by atoms with Gasteiger partial charge in [0.25, 0.3) is 76.6 Å². The summed E-state index contributed by atoms with van der Waals surface area (Å²) in [7, 11) is -34.4. The number of rotatable bonds is 20. The molecule has 4 aromatic carbocycles. The number of nitrogens with two attached hydrogens (primary N) is 1. The molecular formula is C48H49N8O22S8+. The van der Waals surface area contributed by atoms with Crippen LogP contribution in [-0.4, -0.2) is 155 Å². The number of sulfonamides is 1. The van der Waals surface area contributed by atoms with Crippen LogP contribution in [0.4, 0.5) is 16.5 Å². The van der Waals surface area contributed by atoms with Crippen LogP contribution in [0.3, 0.4) is 0 Å². The number of nitrogens with one attached hydrogen (secondary N) is 2. The number of primary sulfonamides is 1. The van der Waals surface area contributed by atoms with Crippen LogP contribution in [0, 0.1) is 0 Å². The quantitative estimate of drug-likeness (QED) is 0.0229. The van der Waals surface area contributed by atoms with E-state index in [1.165, 1.54) is 70.2 Å². The van der Waals surface area contributed by atoms with Crippen LogP contribution in [0.25, 0.3) is 27.1 Å². The normalized spacial score (nSPS) is 16.3. The molecule has 2 aromatic heterocycles. The van der Waals surface area contributed by atoms with E-state index in [4.69, 9.17) is 5.14 Å². The van der Waals surface area contributed by atoms with Gasteiger partial charge in [-0.3, -0.25) is 41.9 Å². The van der Waals surface area contributed by atoms with Crippen LogP contribution in [0.15, 0.2) is 121 Å². The second kappa shape index (κ2) is 22.7. The number of pyridine rings is 1. The Hall–Kier alpha value is -6.89. The van der Waals surface area contributed by atoms with Crippen LogP contribution in [0.2, 0.25) is 0 Å². The lowest BCUT2D eigenvalue weighted by atomic mass is 9.79. The third kappa shape index (κ3) is 13.8. The minimum Gasteiger partial charge on any atom is -0.351 e. The average Bonchev–Trinajstić information content (AvgIpc) is 1.52. The van der Waals surface area contributed by atoms with Gasteiger partial charge in [0.15, 0.2) is 12.3 Å². The van der Waals surface area contributed by atoms with Crippen molar-refractivity contribution in [1.29, 1.82) is 0 Å². The number of benzene rings is 4. The lowest BCUT2D eigenvalue weighted by Gasteiger charge is -2.27. The first-order valence-corrected chi connectivity index (χ1v) is 35.7. The van der Waals surface area contributed by atoms with Crippen molar-refractivity contribution < 1.29 is 100 Å². The molecule has 2 amide bonds. The molecule has 0 bridgehead atoms. The van der Waals surface area contributed by atoms with Gasteiger partial charge in [-0.1, -0.05) is 37.3 Å². The highest BCUT2D eigenvalue weighted by molar-refractivity contribution is 7.91. The molecule has 0 saturated heterocycles. The van der Waals surface area contributed by atoms with E-state index < -0.39 is 142 Å². The van der Waals surface area contributed by atoms with Crippen molar-refractivity contribution in [2.45, 2.75) is 68.9 Å². The van der Waals surface area contributed by atoms with E-state index in [1.54, 1.807) is 27.7 Å². The van der Waals surface area contributed by atoms with Gasteiger partial charge in [0.2, 0.25) is 21.1 Å². The summed E-state index contributed by atoms with van der Waals surface area (Å²) in [5, 5.41) is 15.9. The van der Waals surface area contributed by atoms with E-state index in [1.807, 2.05) is 0 Å². The minimum absolute atomic E-state index is 0.0447. The fourth-order valence-electron chi connectivity index (χ4n) is 10.1. The molecule has 4 heterocycles. The molecule has 0 atom stereocenters. The summed E-state index contributed by atoms with van der Waals surface area (Å²) in [6.07, 6.45) is 6.50. The standard InChI is InChI=1S/C48H48N8O22S8/c1-47(2)39(55(17-19-80(59,60)61)35-11-8-30-32(42(35)47)21-28(83(67,68)69)23-37(30)85(73,74)75)13-6-26(34-10-5-27(25-51-34)44(58)50-16-15-41(57)52-45-53-54-46(79-45)82(49,65)66)7-14-40-48(3,4)43-33-22-29(84(70,71)72)24-38(86(76,77)78)31(33)9-12-36(43)56(40)18-20-81(62,63)64/h5-14,21-25H,15-20H2,1-4H3,(H9-,49,50,52,53,57,58,59,60,61,62,63,64,65,66,67,68,69,70,71,72,73,74,75,76,77,78)/p+1. The lowest BCUT2D eigenvalue weighted by molar-refractivity contribution is -0.432. The molecule has 2 aliphatic rings. The predicted octanol–water partition coefficient (Wildman–Crippen LogP) is 3.11. The Morgan fingerprint density at radius 2 is 1.26 bits per heavy atom. The first kappa shape index (κ1) is 65.1. The molecule has 86 heavy (non-hydrogen) atoms. The van der Waals surface area contributed by atoms with Crippen molar-refractivity contribution in [2.75, 3.05) is 41.4 Å². The van der Waals surface area contributed by atoms with Crippen LogP contribution in [0.1, 0.15) is 61.3 Å². The number of carbonyl (C=O) groups excluding carboxylic acids is 2. The number of carbonyl (C=O) groups is 2. The Kier molecular flexibility index (Phi) is 17.2. The van der Waals surface area contributed by atoms with Crippen molar-refractivity contribution in [3.05, 3.63) is 119 Å².